The summed E-state index contributed by atoms with van der Waals surface area (Å²) in [4.78, 5) is 14.2. The highest BCUT2D eigenvalue weighted by molar-refractivity contribution is 5.84. The first kappa shape index (κ1) is 11.9. The first-order valence-corrected chi connectivity index (χ1v) is 6.48. The number of hydrogen-bond donors (Lipinski definition) is 1. The van der Waals surface area contributed by atoms with Gasteiger partial charge in [0.25, 0.3) is 0 Å². The largest absolute Gasteiger partial charge is 0.328 e. The highest BCUT2D eigenvalue weighted by atomic mass is 16.2. The summed E-state index contributed by atoms with van der Waals surface area (Å²) in [5.41, 5.74) is 0.434. The van der Waals surface area contributed by atoms with Gasteiger partial charge in [-0.2, -0.15) is 0 Å². The predicted octanol–water partition coefficient (Wildman–Crippen LogP) is 1.84. The van der Waals surface area contributed by atoms with E-state index in [-0.39, 0.29) is 6.04 Å². The summed E-state index contributed by atoms with van der Waals surface area (Å²) in [7, 11) is 0. The zero-order valence-corrected chi connectivity index (χ0v) is 10.9. The highest BCUT2D eigenvalue weighted by Crippen LogP contribution is 2.52. The van der Waals surface area contributed by atoms with Gasteiger partial charge in [0.15, 0.2) is 0 Å². The van der Waals surface area contributed by atoms with E-state index in [4.69, 9.17) is 0 Å². The molecule has 0 bridgehead atoms. The lowest BCUT2D eigenvalue weighted by Crippen LogP contribution is -2.37. The minimum atomic E-state index is 0.0444. The van der Waals surface area contributed by atoms with Crippen molar-refractivity contribution < 1.29 is 4.79 Å². The Hall–Kier alpha value is -0.570. The van der Waals surface area contributed by atoms with Crippen LogP contribution in [0.4, 0.5) is 0 Å². The lowest BCUT2D eigenvalue weighted by molar-refractivity contribution is -0.130. The molecule has 0 aromatic rings. The Labute approximate surface area is 98.6 Å². The molecule has 0 aromatic carbocycles. The Bertz CT molecular complexity index is 282. The molecule has 2 aliphatic rings. The van der Waals surface area contributed by atoms with Crippen LogP contribution in [0, 0.1) is 17.3 Å². The van der Waals surface area contributed by atoms with Gasteiger partial charge in [-0.15, -0.1) is 0 Å². The topological polar surface area (TPSA) is 32.3 Å². The lowest BCUT2D eigenvalue weighted by atomic mass is 9.92. The average Bonchev–Trinajstić information content (AvgIpc) is 2.88. The predicted molar refractivity (Wildman–Crippen MR) is 64.8 cm³/mol. The fraction of sp³-hybridized carbons (Fsp3) is 0.923. The summed E-state index contributed by atoms with van der Waals surface area (Å²) >= 11 is 0. The summed E-state index contributed by atoms with van der Waals surface area (Å²) in [6.07, 6.45) is 2.58. The van der Waals surface area contributed by atoms with Crippen LogP contribution in [-0.4, -0.2) is 30.1 Å². The number of rotatable bonds is 4. The Morgan fingerprint density at radius 1 is 1.38 bits per heavy atom. The number of nitrogens with zero attached hydrogens (tertiary/aromatic N) is 1. The minimum Gasteiger partial charge on any atom is -0.328 e. The molecule has 1 N–H and O–H groups in total. The molecule has 2 fully saturated rings. The maximum absolute atomic E-state index is 12.1. The lowest BCUT2D eigenvalue weighted by Gasteiger charge is -2.26. The molecule has 1 saturated carbocycles. The third-order valence-electron chi connectivity index (χ3n) is 4.37. The Morgan fingerprint density at radius 2 is 2.00 bits per heavy atom. The Morgan fingerprint density at radius 3 is 2.38 bits per heavy atom. The van der Waals surface area contributed by atoms with Gasteiger partial charge in [-0.1, -0.05) is 27.7 Å². The van der Waals surface area contributed by atoms with E-state index in [0.717, 1.165) is 13.2 Å². The molecule has 3 heteroatoms. The molecule has 0 radical (unpaired) electrons. The molecule has 1 unspecified atom stereocenters. The number of carbonyl (C=O) groups excluding carboxylic acids is 1. The summed E-state index contributed by atoms with van der Waals surface area (Å²) in [5, 5.41) is 3.32. The summed E-state index contributed by atoms with van der Waals surface area (Å²) in [5.74, 6) is 1.40. The number of nitrogens with one attached hydrogen (secondary N) is 1. The third-order valence-corrected chi connectivity index (χ3v) is 4.37. The number of carbonyl (C=O) groups is 1. The first-order valence-electron chi connectivity index (χ1n) is 6.48. The molecule has 1 atom stereocenters. The maximum atomic E-state index is 12.1. The van der Waals surface area contributed by atoms with E-state index in [1.807, 2.05) is 4.90 Å². The molecule has 3 nitrogen and oxygen atoms in total. The highest BCUT2D eigenvalue weighted by Gasteiger charge is 2.48. The van der Waals surface area contributed by atoms with E-state index < -0.39 is 0 Å². The zero-order chi connectivity index (χ0) is 11.9. The standard InChI is InChI=1S/C13H24N2O/c1-9(2)11-12(16)15(8-14-11)7-13(5-6-13)10(3)4/h9-11,14H,5-8H2,1-4H3. The van der Waals surface area contributed by atoms with E-state index in [1.165, 1.54) is 12.8 Å². The first-order chi connectivity index (χ1) is 7.46. The number of hydrogen-bond acceptors (Lipinski definition) is 2. The molecule has 2 rings (SSSR count). The van der Waals surface area contributed by atoms with Crippen molar-refractivity contribution in [2.45, 2.75) is 46.6 Å². The molecule has 1 aliphatic heterocycles. The van der Waals surface area contributed by atoms with Crippen molar-refractivity contribution in [2.24, 2.45) is 17.3 Å². The van der Waals surface area contributed by atoms with Gasteiger partial charge in [0.2, 0.25) is 5.91 Å². The van der Waals surface area contributed by atoms with Crippen molar-refractivity contribution in [1.29, 1.82) is 0 Å². The molecule has 1 amide bonds. The van der Waals surface area contributed by atoms with Gasteiger partial charge < -0.3 is 4.90 Å². The normalized spacial score (nSPS) is 28.2. The fourth-order valence-electron chi connectivity index (χ4n) is 2.68. The van der Waals surface area contributed by atoms with Crippen LogP contribution in [0.5, 0.6) is 0 Å². The van der Waals surface area contributed by atoms with Crippen LogP contribution in [0.25, 0.3) is 0 Å². The van der Waals surface area contributed by atoms with E-state index in [9.17, 15) is 4.79 Å². The summed E-state index contributed by atoms with van der Waals surface area (Å²) in [6, 6.07) is 0.0444. The van der Waals surface area contributed by atoms with Crippen molar-refractivity contribution >= 4 is 5.91 Å². The van der Waals surface area contributed by atoms with Crippen LogP contribution in [0.15, 0.2) is 0 Å². The Kier molecular flexibility index (Phi) is 2.99. The maximum Gasteiger partial charge on any atom is 0.241 e. The van der Waals surface area contributed by atoms with Crippen LogP contribution in [0.2, 0.25) is 0 Å². The SMILES string of the molecule is CC(C)C1NCN(CC2(C(C)C)CC2)C1=O. The van der Waals surface area contributed by atoms with Crippen LogP contribution >= 0.6 is 0 Å². The molecular formula is C13H24N2O. The number of amides is 1. The zero-order valence-electron chi connectivity index (χ0n) is 10.9. The van der Waals surface area contributed by atoms with E-state index in [2.05, 4.69) is 33.0 Å². The van der Waals surface area contributed by atoms with Gasteiger partial charge >= 0.3 is 0 Å². The smallest absolute Gasteiger partial charge is 0.241 e. The average molecular weight is 224 g/mol. The van der Waals surface area contributed by atoms with E-state index >= 15 is 0 Å². The van der Waals surface area contributed by atoms with Gasteiger partial charge in [0.05, 0.1) is 12.7 Å². The Balaban J connectivity index is 1.96. The van der Waals surface area contributed by atoms with Crippen molar-refractivity contribution in [3.8, 4) is 0 Å². The van der Waals surface area contributed by atoms with Gasteiger partial charge in [-0.25, -0.2) is 0 Å². The van der Waals surface area contributed by atoms with Gasteiger partial charge in [-0.05, 0) is 30.1 Å². The van der Waals surface area contributed by atoms with Crippen molar-refractivity contribution in [1.82, 2.24) is 10.2 Å². The van der Waals surface area contributed by atoms with Crippen LogP contribution < -0.4 is 5.32 Å². The quantitative estimate of drug-likeness (QED) is 0.790. The fourth-order valence-corrected chi connectivity index (χ4v) is 2.68. The molecule has 1 saturated heterocycles. The second-order valence-corrected chi connectivity index (χ2v) is 6.14. The monoisotopic (exact) mass is 224 g/mol. The summed E-state index contributed by atoms with van der Waals surface area (Å²) in [6.45, 7) is 10.5. The van der Waals surface area contributed by atoms with E-state index in [0.29, 0.717) is 23.2 Å². The molecule has 92 valence electrons. The second-order valence-electron chi connectivity index (χ2n) is 6.14. The van der Waals surface area contributed by atoms with Crippen molar-refractivity contribution in [3.63, 3.8) is 0 Å². The minimum absolute atomic E-state index is 0.0444. The van der Waals surface area contributed by atoms with Gasteiger partial charge in [0.1, 0.15) is 0 Å². The van der Waals surface area contributed by atoms with Crippen LogP contribution in [-0.2, 0) is 4.79 Å². The molecule has 16 heavy (non-hydrogen) atoms. The van der Waals surface area contributed by atoms with Crippen LogP contribution in [0.3, 0.4) is 0 Å². The molecule has 0 aromatic heterocycles. The van der Waals surface area contributed by atoms with Crippen molar-refractivity contribution in [3.05, 3.63) is 0 Å². The van der Waals surface area contributed by atoms with Crippen molar-refractivity contribution in [2.75, 3.05) is 13.2 Å². The second kappa shape index (κ2) is 4.02. The van der Waals surface area contributed by atoms with E-state index in [1.54, 1.807) is 0 Å². The molecule has 1 heterocycles. The molecular weight excluding hydrogens is 200 g/mol. The van der Waals surface area contributed by atoms with Crippen LogP contribution in [0.1, 0.15) is 40.5 Å². The van der Waals surface area contributed by atoms with Gasteiger partial charge in [0, 0.05) is 6.54 Å². The third kappa shape index (κ3) is 1.97. The molecule has 1 aliphatic carbocycles. The summed E-state index contributed by atoms with van der Waals surface area (Å²) < 4.78 is 0. The van der Waals surface area contributed by atoms with Gasteiger partial charge in [-0.3, -0.25) is 10.1 Å². The molecule has 0 spiro atoms.